The largest absolute Gasteiger partial charge is 0.493 e. The molecule has 27 heavy (non-hydrogen) atoms. The topological polar surface area (TPSA) is 60.5 Å². The number of rotatable bonds is 8. The Kier molecular flexibility index (Phi) is 6.44. The summed E-state index contributed by atoms with van der Waals surface area (Å²) >= 11 is 1.51. The van der Waals surface area contributed by atoms with E-state index in [0.717, 1.165) is 22.7 Å². The number of benzene rings is 2. The zero-order chi connectivity index (χ0) is 19.1. The zero-order valence-corrected chi connectivity index (χ0v) is 16.2. The van der Waals surface area contributed by atoms with E-state index >= 15 is 0 Å². The summed E-state index contributed by atoms with van der Waals surface area (Å²) in [7, 11) is 3.21. The van der Waals surface area contributed by atoms with Crippen molar-refractivity contribution in [3.8, 4) is 22.1 Å². The van der Waals surface area contributed by atoms with E-state index in [4.69, 9.17) is 9.47 Å². The third-order valence-electron chi connectivity index (χ3n) is 4.10. The van der Waals surface area contributed by atoms with Crippen molar-refractivity contribution in [3.05, 3.63) is 65.2 Å². The highest BCUT2D eigenvalue weighted by Crippen LogP contribution is 2.33. The number of carbonyl (C=O) groups excluding carboxylic acids is 1. The third-order valence-corrected chi connectivity index (χ3v) is 5.04. The predicted molar refractivity (Wildman–Crippen MR) is 108 cm³/mol. The SMILES string of the molecule is COc1ccc(-c2nc(CC(=O)NCCc3ccccc3)cs2)cc1OC. The second kappa shape index (κ2) is 9.19. The van der Waals surface area contributed by atoms with Gasteiger partial charge in [-0.1, -0.05) is 30.3 Å². The first-order valence-electron chi connectivity index (χ1n) is 8.67. The summed E-state index contributed by atoms with van der Waals surface area (Å²) < 4.78 is 10.6. The average Bonchev–Trinajstić information content (AvgIpc) is 3.16. The first kappa shape index (κ1) is 18.9. The van der Waals surface area contributed by atoms with Crippen molar-refractivity contribution in [2.45, 2.75) is 12.8 Å². The Hall–Kier alpha value is -2.86. The molecule has 1 N–H and O–H groups in total. The minimum atomic E-state index is -0.0184. The fourth-order valence-electron chi connectivity index (χ4n) is 2.71. The van der Waals surface area contributed by atoms with E-state index in [1.54, 1.807) is 14.2 Å². The highest BCUT2D eigenvalue weighted by molar-refractivity contribution is 7.13. The molecule has 0 aliphatic carbocycles. The lowest BCUT2D eigenvalue weighted by Gasteiger charge is -2.08. The number of aromatic nitrogens is 1. The highest BCUT2D eigenvalue weighted by atomic mass is 32.1. The van der Waals surface area contributed by atoms with Crippen LogP contribution in [-0.4, -0.2) is 31.7 Å². The summed E-state index contributed by atoms with van der Waals surface area (Å²) in [5, 5.41) is 5.72. The molecule has 2 aromatic carbocycles. The van der Waals surface area contributed by atoms with Gasteiger partial charge in [0.25, 0.3) is 0 Å². The Morgan fingerprint density at radius 1 is 1.07 bits per heavy atom. The highest BCUT2D eigenvalue weighted by Gasteiger charge is 2.11. The van der Waals surface area contributed by atoms with E-state index in [1.165, 1.54) is 16.9 Å². The molecule has 0 unspecified atom stereocenters. The molecule has 0 fully saturated rings. The van der Waals surface area contributed by atoms with Gasteiger partial charge in [0.05, 0.1) is 26.3 Å². The lowest BCUT2D eigenvalue weighted by atomic mass is 10.1. The molecule has 6 heteroatoms. The Bertz CT molecular complexity index is 893. The molecule has 140 valence electrons. The molecule has 0 spiro atoms. The van der Waals surface area contributed by atoms with Gasteiger partial charge in [0.1, 0.15) is 5.01 Å². The summed E-state index contributed by atoms with van der Waals surface area (Å²) in [6.07, 6.45) is 1.10. The van der Waals surface area contributed by atoms with E-state index < -0.39 is 0 Å². The zero-order valence-electron chi connectivity index (χ0n) is 15.4. The van der Waals surface area contributed by atoms with Crippen LogP contribution in [0.25, 0.3) is 10.6 Å². The van der Waals surface area contributed by atoms with Gasteiger partial charge in [-0.2, -0.15) is 0 Å². The molecule has 0 saturated carbocycles. The fraction of sp³-hybridized carbons (Fsp3) is 0.238. The number of hydrogen-bond acceptors (Lipinski definition) is 5. The lowest BCUT2D eigenvalue weighted by Crippen LogP contribution is -2.27. The fourth-order valence-corrected chi connectivity index (χ4v) is 3.52. The molecule has 0 aliphatic rings. The van der Waals surface area contributed by atoms with Crippen molar-refractivity contribution in [1.82, 2.24) is 10.3 Å². The van der Waals surface area contributed by atoms with Crippen LogP contribution in [0, 0.1) is 0 Å². The minimum absolute atomic E-state index is 0.0184. The standard InChI is InChI=1S/C21H22N2O3S/c1-25-18-9-8-16(12-19(18)26-2)21-23-17(14-27-21)13-20(24)22-11-10-15-6-4-3-5-7-15/h3-9,12,14H,10-11,13H2,1-2H3,(H,22,24). The van der Waals surface area contributed by atoms with E-state index in [2.05, 4.69) is 22.4 Å². The van der Waals surface area contributed by atoms with Crippen molar-refractivity contribution in [2.75, 3.05) is 20.8 Å². The summed E-state index contributed by atoms with van der Waals surface area (Å²) in [5.41, 5.74) is 2.91. The molecule has 1 aromatic heterocycles. The molecule has 1 amide bonds. The van der Waals surface area contributed by atoms with Gasteiger partial charge in [-0.05, 0) is 30.2 Å². The molecule has 0 aliphatic heterocycles. The second-order valence-electron chi connectivity index (χ2n) is 5.98. The smallest absolute Gasteiger partial charge is 0.226 e. The molecule has 0 atom stereocenters. The first-order valence-corrected chi connectivity index (χ1v) is 9.55. The number of carbonyl (C=O) groups is 1. The number of nitrogens with one attached hydrogen (secondary N) is 1. The Balaban J connectivity index is 1.56. The number of ether oxygens (including phenoxy) is 2. The van der Waals surface area contributed by atoms with Crippen LogP contribution >= 0.6 is 11.3 Å². The maximum atomic E-state index is 12.1. The number of nitrogens with zero attached hydrogens (tertiary/aromatic N) is 1. The van der Waals surface area contributed by atoms with Gasteiger partial charge in [0.2, 0.25) is 5.91 Å². The summed E-state index contributed by atoms with van der Waals surface area (Å²) in [5.74, 6) is 1.32. The van der Waals surface area contributed by atoms with Crippen LogP contribution < -0.4 is 14.8 Å². The van der Waals surface area contributed by atoms with Gasteiger partial charge < -0.3 is 14.8 Å². The number of amides is 1. The quantitative estimate of drug-likeness (QED) is 0.645. The molecule has 0 bridgehead atoms. The monoisotopic (exact) mass is 382 g/mol. The van der Waals surface area contributed by atoms with Crippen LogP contribution in [0.2, 0.25) is 0 Å². The summed E-state index contributed by atoms with van der Waals surface area (Å²) in [4.78, 5) is 16.7. The number of hydrogen-bond donors (Lipinski definition) is 1. The Morgan fingerprint density at radius 2 is 1.85 bits per heavy atom. The van der Waals surface area contributed by atoms with Crippen molar-refractivity contribution in [1.29, 1.82) is 0 Å². The first-order chi connectivity index (χ1) is 13.2. The second-order valence-corrected chi connectivity index (χ2v) is 6.83. The van der Waals surface area contributed by atoms with Crippen LogP contribution in [0.5, 0.6) is 11.5 Å². The summed E-state index contributed by atoms with van der Waals surface area (Å²) in [6, 6.07) is 15.8. The van der Waals surface area contributed by atoms with Crippen LogP contribution in [-0.2, 0) is 17.6 Å². The Morgan fingerprint density at radius 3 is 2.59 bits per heavy atom. The number of thiazole rings is 1. The average molecular weight is 382 g/mol. The Labute approximate surface area is 163 Å². The molecule has 3 aromatic rings. The molecule has 3 rings (SSSR count). The van der Waals surface area contributed by atoms with Crippen LogP contribution in [0.1, 0.15) is 11.3 Å². The summed E-state index contributed by atoms with van der Waals surface area (Å²) in [6.45, 7) is 0.621. The van der Waals surface area contributed by atoms with E-state index in [-0.39, 0.29) is 12.3 Å². The van der Waals surface area contributed by atoms with Crippen molar-refractivity contribution < 1.29 is 14.3 Å². The normalized spacial score (nSPS) is 10.4. The van der Waals surface area contributed by atoms with Crippen molar-refractivity contribution in [3.63, 3.8) is 0 Å². The van der Waals surface area contributed by atoms with Crippen LogP contribution in [0.3, 0.4) is 0 Å². The minimum Gasteiger partial charge on any atom is -0.493 e. The van der Waals surface area contributed by atoms with Gasteiger partial charge in [-0.25, -0.2) is 4.98 Å². The molecule has 0 saturated heterocycles. The van der Waals surface area contributed by atoms with Gasteiger partial charge in [0.15, 0.2) is 11.5 Å². The lowest BCUT2D eigenvalue weighted by molar-refractivity contribution is -0.120. The van der Waals surface area contributed by atoms with E-state index in [1.807, 2.05) is 41.8 Å². The van der Waals surface area contributed by atoms with E-state index in [9.17, 15) is 4.79 Å². The molecular formula is C21H22N2O3S. The van der Waals surface area contributed by atoms with Gasteiger partial charge in [-0.15, -0.1) is 11.3 Å². The van der Waals surface area contributed by atoms with Gasteiger partial charge in [0, 0.05) is 17.5 Å². The third kappa shape index (κ3) is 5.08. The molecular weight excluding hydrogens is 360 g/mol. The van der Waals surface area contributed by atoms with Crippen LogP contribution in [0.4, 0.5) is 0 Å². The molecule has 1 heterocycles. The van der Waals surface area contributed by atoms with Crippen molar-refractivity contribution >= 4 is 17.2 Å². The van der Waals surface area contributed by atoms with Crippen molar-refractivity contribution in [2.24, 2.45) is 0 Å². The maximum absolute atomic E-state index is 12.1. The molecule has 5 nitrogen and oxygen atoms in total. The van der Waals surface area contributed by atoms with Crippen LogP contribution in [0.15, 0.2) is 53.9 Å². The van der Waals surface area contributed by atoms with Gasteiger partial charge in [-0.3, -0.25) is 4.79 Å². The molecule has 0 radical (unpaired) electrons. The maximum Gasteiger partial charge on any atom is 0.226 e. The van der Waals surface area contributed by atoms with Gasteiger partial charge >= 0.3 is 0 Å². The number of methoxy groups -OCH3 is 2. The van der Waals surface area contributed by atoms with E-state index in [0.29, 0.717) is 18.0 Å². The predicted octanol–water partition coefficient (Wildman–Crippen LogP) is 3.73.